The maximum Gasteiger partial charge on any atom is 0.338 e. The Kier molecular flexibility index (Phi) is 3.64. The zero-order chi connectivity index (χ0) is 14.2. The molecule has 106 valence electrons. The Balaban J connectivity index is 2.32. The summed E-state index contributed by atoms with van der Waals surface area (Å²) in [4.78, 5) is 22.8. The van der Waals surface area contributed by atoms with Crippen LogP contribution in [0.5, 0.6) is 0 Å². The van der Waals surface area contributed by atoms with Gasteiger partial charge in [-0.25, -0.2) is 4.79 Å². The summed E-state index contributed by atoms with van der Waals surface area (Å²) in [5, 5.41) is 29.0. The van der Waals surface area contributed by atoms with Crippen LogP contribution in [0, 0.1) is 23.7 Å². The average molecular weight is 270 g/mol. The maximum atomic E-state index is 11.4. The molecule has 0 aromatic rings. The third-order valence-corrected chi connectivity index (χ3v) is 4.19. The lowest BCUT2D eigenvalue weighted by Crippen LogP contribution is -2.55. The van der Waals surface area contributed by atoms with Crippen molar-refractivity contribution in [3.05, 3.63) is 12.2 Å². The third kappa shape index (κ3) is 2.15. The van der Waals surface area contributed by atoms with Crippen molar-refractivity contribution in [3.63, 3.8) is 0 Å². The van der Waals surface area contributed by atoms with Crippen LogP contribution in [-0.4, -0.2) is 46.1 Å². The van der Waals surface area contributed by atoms with Crippen LogP contribution in [-0.2, 0) is 14.3 Å². The lowest BCUT2D eigenvalue weighted by molar-refractivity contribution is -0.181. The molecule has 0 saturated heterocycles. The minimum Gasteiger partial charge on any atom is -0.481 e. The van der Waals surface area contributed by atoms with Gasteiger partial charge in [-0.1, -0.05) is 12.2 Å². The van der Waals surface area contributed by atoms with E-state index in [1.54, 1.807) is 6.92 Å². The maximum absolute atomic E-state index is 11.4. The molecule has 3 N–H and O–H groups in total. The molecule has 2 aliphatic carbocycles. The monoisotopic (exact) mass is 270 g/mol. The SMILES string of the molecule is CCOCC(O)(C(=O)O)C1C2C=CC(C2)C1C(=O)O. The Labute approximate surface area is 110 Å². The van der Waals surface area contributed by atoms with Crippen LogP contribution < -0.4 is 0 Å². The predicted octanol–water partition coefficient (Wildman–Crippen LogP) is 0.361. The smallest absolute Gasteiger partial charge is 0.338 e. The number of fused-ring (bicyclic) bond motifs is 2. The van der Waals surface area contributed by atoms with Gasteiger partial charge in [-0.2, -0.15) is 0 Å². The highest BCUT2D eigenvalue weighted by Gasteiger charge is 2.60. The molecule has 5 atom stereocenters. The summed E-state index contributed by atoms with van der Waals surface area (Å²) in [6.07, 6.45) is 4.21. The predicted molar refractivity (Wildman–Crippen MR) is 64.4 cm³/mol. The summed E-state index contributed by atoms with van der Waals surface area (Å²) in [7, 11) is 0. The average Bonchev–Trinajstić information content (AvgIpc) is 2.95. The van der Waals surface area contributed by atoms with E-state index in [0.717, 1.165) is 0 Å². The number of hydrogen-bond donors (Lipinski definition) is 3. The molecule has 1 saturated carbocycles. The van der Waals surface area contributed by atoms with Crippen LogP contribution in [0.15, 0.2) is 12.2 Å². The van der Waals surface area contributed by atoms with Crippen LogP contribution >= 0.6 is 0 Å². The van der Waals surface area contributed by atoms with Gasteiger partial charge in [0, 0.05) is 12.5 Å². The van der Waals surface area contributed by atoms with Crippen molar-refractivity contribution in [3.8, 4) is 0 Å². The van der Waals surface area contributed by atoms with Gasteiger partial charge in [0.05, 0.1) is 12.5 Å². The second-order valence-corrected chi connectivity index (χ2v) is 5.20. The van der Waals surface area contributed by atoms with Crippen molar-refractivity contribution < 1.29 is 29.6 Å². The molecule has 0 radical (unpaired) electrons. The van der Waals surface area contributed by atoms with E-state index in [2.05, 4.69) is 0 Å². The van der Waals surface area contributed by atoms with E-state index in [4.69, 9.17) is 4.74 Å². The molecule has 2 rings (SSSR count). The summed E-state index contributed by atoms with van der Waals surface area (Å²) in [6, 6.07) is 0. The van der Waals surface area contributed by atoms with E-state index in [1.807, 2.05) is 12.2 Å². The topological polar surface area (TPSA) is 104 Å². The number of ether oxygens (including phenoxy) is 1. The molecule has 1 fully saturated rings. The number of carbonyl (C=O) groups is 2. The first-order valence-corrected chi connectivity index (χ1v) is 6.36. The Morgan fingerprint density at radius 3 is 2.47 bits per heavy atom. The van der Waals surface area contributed by atoms with Crippen LogP contribution in [0.1, 0.15) is 13.3 Å². The molecule has 0 aliphatic heterocycles. The molecular weight excluding hydrogens is 252 g/mol. The second kappa shape index (κ2) is 4.94. The van der Waals surface area contributed by atoms with Crippen LogP contribution in [0.25, 0.3) is 0 Å². The fourth-order valence-electron chi connectivity index (χ4n) is 3.37. The summed E-state index contributed by atoms with van der Waals surface area (Å²) in [6.45, 7) is 1.58. The summed E-state index contributed by atoms with van der Waals surface area (Å²) < 4.78 is 5.06. The van der Waals surface area contributed by atoms with Crippen molar-refractivity contribution in [2.45, 2.75) is 18.9 Å². The van der Waals surface area contributed by atoms with Gasteiger partial charge in [0.1, 0.15) is 0 Å². The fourth-order valence-corrected chi connectivity index (χ4v) is 3.37. The first-order valence-electron chi connectivity index (χ1n) is 6.36. The van der Waals surface area contributed by atoms with Gasteiger partial charge in [-0.3, -0.25) is 4.79 Å². The Bertz CT molecular complexity index is 417. The minimum atomic E-state index is -2.15. The van der Waals surface area contributed by atoms with Gasteiger partial charge in [-0.15, -0.1) is 0 Å². The highest BCUT2D eigenvalue weighted by Crippen LogP contribution is 2.52. The fraction of sp³-hybridized carbons (Fsp3) is 0.692. The van der Waals surface area contributed by atoms with Crippen molar-refractivity contribution in [2.75, 3.05) is 13.2 Å². The standard InChI is InChI=1S/C13H18O6/c1-2-19-6-13(18,12(16)17)10-8-4-3-7(5-8)9(10)11(14)15/h3-4,7-10,18H,2,5-6H2,1H3,(H,14,15)(H,16,17). The van der Waals surface area contributed by atoms with Gasteiger partial charge in [0.15, 0.2) is 5.60 Å². The van der Waals surface area contributed by atoms with E-state index < -0.39 is 29.4 Å². The molecule has 6 heteroatoms. The molecule has 2 bridgehead atoms. The summed E-state index contributed by atoms with van der Waals surface area (Å²) in [5.74, 6) is -4.59. The first kappa shape index (κ1) is 14.0. The van der Waals surface area contributed by atoms with Gasteiger partial charge in [-0.05, 0) is 25.2 Å². The number of carboxylic acid groups (broad SMARTS) is 2. The molecule has 0 amide bonds. The number of aliphatic carboxylic acids is 2. The highest BCUT2D eigenvalue weighted by atomic mass is 16.5. The molecule has 0 aromatic carbocycles. The number of carboxylic acids is 2. The van der Waals surface area contributed by atoms with Crippen LogP contribution in [0.2, 0.25) is 0 Å². The van der Waals surface area contributed by atoms with Gasteiger partial charge < -0.3 is 20.1 Å². The lowest BCUT2D eigenvalue weighted by Gasteiger charge is -2.36. The molecule has 0 spiro atoms. The Morgan fingerprint density at radius 2 is 1.95 bits per heavy atom. The van der Waals surface area contributed by atoms with Crippen molar-refractivity contribution >= 4 is 11.9 Å². The molecule has 0 aromatic heterocycles. The van der Waals surface area contributed by atoms with Crippen molar-refractivity contribution in [1.82, 2.24) is 0 Å². The van der Waals surface area contributed by atoms with E-state index in [9.17, 15) is 24.9 Å². The number of allylic oxidation sites excluding steroid dienone is 2. The van der Waals surface area contributed by atoms with E-state index >= 15 is 0 Å². The van der Waals surface area contributed by atoms with Gasteiger partial charge in [0.2, 0.25) is 0 Å². The number of hydrogen-bond acceptors (Lipinski definition) is 4. The quantitative estimate of drug-likeness (QED) is 0.602. The van der Waals surface area contributed by atoms with Crippen molar-refractivity contribution in [1.29, 1.82) is 0 Å². The van der Waals surface area contributed by atoms with Gasteiger partial charge >= 0.3 is 11.9 Å². The Morgan fingerprint density at radius 1 is 1.32 bits per heavy atom. The molecule has 6 nitrogen and oxygen atoms in total. The minimum absolute atomic E-state index is 0.194. The van der Waals surface area contributed by atoms with Gasteiger partial charge in [0.25, 0.3) is 0 Å². The molecule has 0 heterocycles. The van der Waals surface area contributed by atoms with Crippen LogP contribution in [0.3, 0.4) is 0 Å². The van der Waals surface area contributed by atoms with E-state index in [0.29, 0.717) is 6.42 Å². The first-order chi connectivity index (χ1) is 8.91. The largest absolute Gasteiger partial charge is 0.481 e. The van der Waals surface area contributed by atoms with E-state index in [-0.39, 0.29) is 25.0 Å². The second-order valence-electron chi connectivity index (χ2n) is 5.20. The molecule has 2 aliphatic rings. The number of rotatable bonds is 6. The summed E-state index contributed by atoms with van der Waals surface area (Å²) in [5.41, 5.74) is -2.15. The highest BCUT2D eigenvalue weighted by molar-refractivity contribution is 5.81. The molecule has 5 unspecified atom stereocenters. The molecule has 19 heavy (non-hydrogen) atoms. The zero-order valence-electron chi connectivity index (χ0n) is 10.7. The molecular formula is C13H18O6. The van der Waals surface area contributed by atoms with E-state index in [1.165, 1.54) is 0 Å². The van der Waals surface area contributed by atoms with Crippen molar-refractivity contribution in [2.24, 2.45) is 23.7 Å². The zero-order valence-corrected chi connectivity index (χ0v) is 10.7. The summed E-state index contributed by atoms with van der Waals surface area (Å²) >= 11 is 0. The third-order valence-electron chi connectivity index (χ3n) is 4.19. The Hall–Kier alpha value is -1.40. The lowest BCUT2D eigenvalue weighted by atomic mass is 9.72. The van der Waals surface area contributed by atoms with Crippen LogP contribution in [0.4, 0.5) is 0 Å². The normalized spacial score (nSPS) is 35.3. The number of aliphatic hydroxyl groups is 1.